The SMILES string of the molecule is CCCNCc1csc(-c2cccc(C(F)F)c2)n1. The molecule has 2 aromatic rings. The molecular formula is C14H16F2N2S. The minimum atomic E-state index is -2.44. The van der Waals surface area contributed by atoms with E-state index in [4.69, 9.17) is 0 Å². The van der Waals surface area contributed by atoms with Gasteiger partial charge in [-0.05, 0) is 19.0 Å². The van der Waals surface area contributed by atoms with E-state index in [1.165, 1.54) is 23.5 Å². The summed E-state index contributed by atoms with van der Waals surface area (Å²) < 4.78 is 25.3. The molecule has 0 spiro atoms. The van der Waals surface area contributed by atoms with Crippen LogP contribution in [0, 0.1) is 0 Å². The first-order valence-corrected chi connectivity index (χ1v) is 7.12. The van der Waals surface area contributed by atoms with Crippen LogP contribution >= 0.6 is 11.3 Å². The molecule has 0 saturated carbocycles. The summed E-state index contributed by atoms with van der Waals surface area (Å²) in [5.74, 6) is 0. The minimum absolute atomic E-state index is 0.0401. The van der Waals surface area contributed by atoms with Gasteiger partial charge in [-0.25, -0.2) is 13.8 Å². The first kappa shape index (κ1) is 14.1. The molecule has 2 rings (SSSR count). The van der Waals surface area contributed by atoms with E-state index in [-0.39, 0.29) is 5.56 Å². The number of nitrogens with zero attached hydrogens (tertiary/aromatic N) is 1. The second-order valence-electron chi connectivity index (χ2n) is 4.25. The van der Waals surface area contributed by atoms with Crippen LogP contribution in [0.1, 0.15) is 31.0 Å². The number of aromatic nitrogens is 1. The summed E-state index contributed by atoms with van der Waals surface area (Å²) in [6.45, 7) is 3.78. The van der Waals surface area contributed by atoms with Crippen molar-refractivity contribution in [3.8, 4) is 10.6 Å². The number of rotatable bonds is 6. The zero-order valence-corrected chi connectivity index (χ0v) is 11.5. The van der Waals surface area contributed by atoms with Crippen molar-refractivity contribution in [2.75, 3.05) is 6.54 Å². The van der Waals surface area contributed by atoms with E-state index in [0.717, 1.165) is 35.8 Å². The maximum absolute atomic E-state index is 12.6. The van der Waals surface area contributed by atoms with E-state index in [1.807, 2.05) is 11.4 Å². The van der Waals surface area contributed by atoms with E-state index < -0.39 is 6.43 Å². The summed E-state index contributed by atoms with van der Waals surface area (Å²) >= 11 is 1.49. The van der Waals surface area contributed by atoms with Crippen molar-refractivity contribution < 1.29 is 8.78 Å². The standard InChI is InChI=1S/C14H16F2N2S/c1-2-6-17-8-12-9-19-14(18-12)11-5-3-4-10(7-11)13(15)16/h3-5,7,9,13,17H,2,6,8H2,1H3. The van der Waals surface area contributed by atoms with Gasteiger partial charge in [-0.1, -0.05) is 25.1 Å². The third-order valence-corrected chi connectivity index (χ3v) is 3.61. The second kappa shape index (κ2) is 6.73. The highest BCUT2D eigenvalue weighted by Gasteiger charge is 2.10. The van der Waals surface area contributed by atoms with Crippen molar-refractivity contribution in [2.45, 2.75) is 26.3 Å². The Hall–Kier alpha value is -1.33. The third-order valence-electron chi connectivity index (χ3n) is 2.67. The molecule has 0 saturated heterocycles. The lowest BCUT2D eigenvalue weighted by Gasteiger charge is -2.02. The number of hydrogen-bond acceptors (Lipinski definition) is 3. The Bertz CT molecular complexity index is 526. The van der Waals surface area contributed by atoms with Gasteiger partial charge in [-0.3, -0.25) is 0 Å². The topological polar surface area (TPSA) is 24.9 Å². The van der Waals surface area contributed by atoms with Crippen LogP contribution in [-0.2, 0) is 6.54 Å². The molecule has 0 radical (unpaired) electrons. The number of benzene rings is 1. The van der Waals surface area contributed by atoms with E-state index in [0.29, 0.717) is 0 Å². The number of alkyl halides is 2. The van der Waals surface area contributed by atoms with Gasteiger partial charge in [0.25, 0.3) is 6.43 Å². The van der Waals surface area contributed by atoms with Crippen LogP contribution in [0.2, 0.25) is 0 Å². The minimum Gasteiger partial charge on any atom is -0.311 e. The smallest absolute Gasteiger partial charge is 0.263 e. The fourth-order valence-corrected chi connectivity index (χ4v) is 2.54. The fraction of sp³-hybridized carbons (Fsp3) is 0.357. The molecule has 2 nitrogen and oxygen atoms in total. The molecule has 0 fully saturated rings. The van der Waals surface area contributed by atoms with Crippen LogP contribution in [0.4, 0.5) is 8.78 Å². The Morgan fingerprint density at radius 2 is 2.21 bits per heavy atom. The first-order chi connectivity index (χ1) is 9.20. The Kier molecular flexibility index (Phi) is 4.99. The Labute approximate surface area is 115 Å². The van der Waals surface area contributed by atoms with Crippen molar-refractivity contribution >= 4 is 11.3 Å². The molecule has 19 heavy (non-hydrogen) atoms. The predicted octanol–water partition coefficient (Wildman–Crippen LogP) is 4.25. The van der Waals surface area contributed by atoms with Crippen molar-refractivity contribution in [1.29, 1.82) is 0 Å². The van der Waals surface area contributed by atoms with E-state index in [2.05, 4.69) is 17.2 Å². The summed E-state index contributed by atoms with van der Waals surface area (Å²) in [5, 5.41) is 6.02. The van der Waals surface area contributed by atoms with Crippen LogP contribution in [0.25, 0.3) is 10.6 Å². The lowest BCUT2D eigenvalue weighted by atomic mass is 10.1. The van der Waals surface area contributed by atoms with Gasteiger partial charge < -0.3 is 5.32 Å². The van der Waals surface area contributed by atoms with Crippen molar-refractivity contribution in [2.24, 2.45) is 0 Å². The van der Waals surface area contributed by atoms with Gasteiger partial charge in [0, 0.05) is 23.1 Å². The van der Waals surface area contributed by atoms with Gasteiger partial charge in [-0.15, -0.1) is 11.3 Å². The molecule has 0 aliphatic rings. The highest BCUT2D eigenvalue weighted by Crippen LogP contribution is 2.27. The van der Waals surface area contributed by atoms with Gasteiger partial charge in [0.05, 0.1) is 5.69 Å². The third kappa shape index (κ3) is 3.81. The Morgan fingerprint density at radius 1 is 1.37 bits per heavy atom. The summed E-state index contributed by atoms with van der Waals surface area (Å²) in [4.78, 5) is 4.46. The molecule has 1 aromatic carbocycles. The average Bonchev–Trinajstić information content (AvgIpc) is 2.88. The highest BCUT2D eigenvalue weighted by molar-refractivity contribution is 7.13. The van der Waals surface area contributed by atoms with Crippen LogP contribution in [-0.4, -0.2) is 11.5 Å². The lowest BCUT2D eigenvalue weighted by Crippen LogP contribution is -2.13. The normalized spacial score (nSPS) is 11.2. The highest BCUT2D eigenvalue weighted by atomic mass is 32.1. The predicted molar refractivity (Wildman–Crippen MR) is 74.5 cm³/mol. The van der Waals surface area contributed by atoms with E-state index >= 15 is 0 Å². The van der Waals surface area contributed by atoms with E-state index in [9.17, 15) is 8.78 Å². The summed E-state index contributed by atoms with van der Waals surface area (Å²) in [5.41, 5.74) is 1.75. The molecule has 1 aromatic heterocycles. The summed E-state index contributed by atoms with van der Waals surface area (Å²) in [6.07, 6.45) is -1.36. The molecule has 0 amide bonds. The molecule has 0 bridgehead atoms. The maximum Gasteiger partial charge on any atom is 0.263 e. The molecule has 102 valence electrons. The Balaban J connectivity index is 2.11. The van der Waals surface area contributed by atoms with Crippen molar-refractivity contribution in [3.05, 3.63) is 40.9 Å². The van der Waals surface area contributed by atoms with Crippen LogP contribution in [0.5, 0.6) is 0 Å². The number of hydrogen-bond donors (Lipinski definition) is 1. The molecular weight excluding hydrogens is 266 g/mol. The van der Waals surface area contributed by atoms with Gasteiger partial charge in [-0.2, -0.15) is 0 Å². The molecule has 0 aliphatic carbocycles. The number of nitrogens with one attached hydrogen (secondary N) is 1. The largest absolute Gasteiger partial charge is 0.311 e. The number of thiazole rings is 1. The molecule has 0 unspecified atom stereocenters. The summed E-state index contributed by atoms with van der Waals surface area (Å²) in [6, 6.07) is 6.40. The quantitative estimate of drug-likeness (QED) is 0.801. The average molecular weight is 282 g/mol. The van der Waals surface area contributed by atoms with Crippen LogP contribution in [0.3, 0.4) is 0 Å². The van der Waals surface area contributed by atoms with Crippen molar-refractivity contribution in [1.82, 2.24) is 10.3 Å². The monoisotopic (exact) mass is 282 g/mol. The zero-order chi connectivity index (χ0) is 13.7. The fourth-order valence-electron chi connectivity index (χ4n) is 1.72. The lowest BCUT2D eigenvalue weighted by molar-refractivity contribution is 0.151. The second-order valence-corrected chi connectivity index (χ2v) is 5.11. The summed E-state index contributed by atoms with van der Waals surface area (Å²) in [7, 11) is 0. The molecule has 0 atom stereocenters. The maximum atomic E-state index is 12.6. The molecule has 1 N–H and O–H groups in total. The molecule has 1 heterocycles. The van der Waals surface area contributed by atoms with Gasteiger partial charge in [0.1, 0.15) is 5.01 Å². The van der Waals surface area contributed by atoms with E-state index in [1.54, 1.807) is 6.07 Å². The van der Waals surface area contributed by atoms with Gasteiger partial charge in [0.2, 0.25) is 0 Å². The van der Waals surface area contributed by atoms with Crippen LogP contribution in [0.15, 0.2) is 29.6 Å². The molecule has 5 heteroatoms. The van der Waals surface area contributed by atoms with Gasteiger partial charge in [0.15, 0.2) is 0 Å². The zero-order valence-electron chi connectivity index (χ0n) is 10.7. The van der Waals surface area contributed by atoms with Crippen molar-refractivity contribution in [3.63, 3.8) is 0 Å². The molecule has 0 aliphatic heterocycles. The van der Waals surface area contributed by atoms with Crippen LogP contribution < -0.4 is 5.32 Å². The first-order valence-electron chi connectivity index (χ1n) is 6.24. The Morgan fingerprint density at radius 3 is 2.95 bits per heavy atom. The number of halogens is 2. The van der Waals surface area contributed by atoms with Gasteiger partial charge >= 0.3 is 0 Å².